The maximum Gasteiger partial charge on any atom is 0.319 e. The van der Waals surface area contributed by atoms with Crippen LogP contribution in [0.2, 0.25) is 0 Å². The van der Waals surface area contributed by atoms with Crippen molar-refractivity contribution in [2.75, 3.05) is 17.7 Å². The molecule has 2 aromatic rings. The minimum absolute atomic E-state index is 0.340. The zero-order valence-corrected chi connectivity index (χ0v) is 11.8. The van der Waals surface area contributed by atoms with Gasteiger partial charge in [0.15, 0.2) is 0 Å². The smallest absolute Gasteiger partial charge is 0.319 e. The monoisotopic (exact) mass is 287 g/mol. The number of aryl methyl sites for hydroxylation is 1. The van der Waals surface area contributed by atoms with E-state index in [0.29, 0.717) is 23.7 Å². The third-order valence-corrected chi connectivity index (χ3v) is 3.18. The summed E-state index contributed by atoms with van der Waals surface area (Å²) in [5, 5.41) is 16.5. The SMILES string of the molecule is Cc1cc(C#N)c(NC(=O)NCCCl)c2ccccc12. The van der Waals surface area contributed by atoms with Crippen molar-refractivity contribution in [2.45, 2.75) is 6.92 Å². The highest BCUT2D eigenvalue weighted by Gasteiger charge is 2.12. The van der Waals surface area contributed by atoms with Crippen LogP contribution in [0.3, 0.4) is 0 Å². The molecule has 0 unspecified atom stereocenters. The number of alkyl halides is 1. The molecule has 0 fully saturated rings. The normalized spacial score (nSPS) is 10.1. The number of amides is 2. The standard InChI is InChI=1S/C15H14ClN3O/c1-10-8-11(9-17)14(19-15(20)18-7-6-16)13-5-3-2-4-12(10)13/h2-5,8H,6-7H2,1H3,(H2,18,19,20). The average molecular weight is 288 g/mol. The second kappa shape index (κ2) is 6.27. The minimum atomic E-state index is -0.365. The van der Waals surface area contributed by atoms with Crippen LogP contribution in [-0.4, -0.2) is 18.5 Å². The summed E-state index contributed by atoms with van der Waals surface area (Å²) in [7, 11) is 0. The third-order valence-electron chi connectivity index (χ3n) is 2.99. The fourth-order valence-corrected chi connectivity index (χ4v) is 2.19. The molecule has 0 aliphatic heterocycles. The predicted octanol–water partition coefficient (Wildman–Crippen LogP) is 3.38. The van der Waals surface area contributed by atoms with Gasteiger partial charge in [-0.1, -0.05) is 24.3 Å². The van der Waals surface area contributed by atoms with Gasteiger partial charge >= 0.3 is 6.03 Å². The summed E-state index contributed by atoms with van der Waals surface area (Å²) < 4.78 is 0. The van der Waals surface area contributed by atoms with E-state index in [1.165, 1.54) is 0 Å². The molecule has 4 nitrogen and oxygen atoms in total. The Morgan fingerprint density at radius 1 is 1.35 bits per heavy atom. The van der Waals surface area contributed by atoms with Crippen molar-refractivity contribution in [3.05, 3.63) is 41.5 Å². The molecule has 0 spiro atoms. The highest BCUT2D eigenvalue weighted by atomic mass is 35.5. The number of nitrogens with one attached hydrogen (secondary N) is 2. The fraction of sp³-hybridized carbons (Fsp3) is 0.200. The molecule has 0 atom stereocenters. The molecule has 0 bridgehead atoms. The zero-order valence-electron chi connectivity index (χ0n) is 11.0. The number of carbonyl (C=O) groups is 1. The van der Waals surface area contributed by atoms with E-state index in [1.807, 2.05) is 31.2 Å². The summed E-state index contributed by atoms with van der Waals surface area (Å²) in [6, 6.07) is 11.2. The second-order valence-electron chi connectivity index (χ2n) is 4.34. The molecule has 2 amide bonds. The number of benzene rings is 2. The summed E-state index contributed by atoms with van der Waals surface area (Å²) in [4.78, 5) is 11.8. The van der Waals surface area contributed by atoms with Crippen LogP contribution in [0.4, 0.5) is 10.5 Å². The first-order chi connectivity index (χ1) is 9.67. The van der Waals surface area contributed by atoms with Crippen molar-refractivity contribution >= 4 is 34.1 Å². The van der Waals surface area contributed by atoms with E-state index in [2.05, 4.69) is 16.7 Å². The second-order valence-corrected chi connectivity index (χ2v) is 4.72. The van der Waals surface area contributed by atoms with Gasteiger partial charge in [0.2, 0.25) is 0 Å². The Hall–Kier alpha value is -2.25. The van der Waals surface area contributed by atoms with Crippen LogP contribution >= 0.6 is 11.6 Å². The Morgan fingerprint density at radius 3 is 2.70 bits per heavy atom. The van der Waals surface area contributed by atoms with Gasteiger partial charge in [0.1, 0.15) is 6.07 Å². The average Bonchev–Trinajstić information content (AvgIpc) is 2.48. The van der Waals surface area contributed by atoms with Gasteiger partial charge in [-0.2, -0.15) is 5.26 Å². The van der Waals surface area contributed by atoms with Crippen molar-refractivity contribution in [1.82, 2.24) is 5.32 Å². The number of fused-ring (bicyclic) bond motifs is 1. The topological polar surface area (TPSA) is 64.9 Å². The van der Waals surface area contributed by atoms with Crippen LogP contribution < -0.4 is 10.6 Å². The number of urea groups is 1. The first-order valence-corrected chi connectivity index (χ1v) is 6.74. The predicted molar refractivity (Wildman–Crippen MR) is 81.1 cm³/mol. The molecular weight excluding hydrogens is 274 g/mol. The van der Waals surface area contributed by atoms with Crippen molar-refractivity contribution in [3.8, 4) is 6.07 Å². The Labute approximate surface area is 122 Å². The molecule has 0 aliphatic carbocycles. The molecule has 2 N–H and O–H groups in total. The number of nitrogens with zero attached hydrogens (tertiary/aromatic N) is 1. The maximum atomic E-state index is 11.8. The number of hydrogen-bond acceptors (Lipinski definition) is 2. The Balaban J connectivity index is 2.48. The van der Waals surface area contributed by atoms with Gasteiger partial charge in [0.25, 0.3) is 0 Å². The Kier molecular flexibility index (Phi) is 4.44. The van der Waals surface area contributed by atoms with Crippen molar-refractivity contribution in [3.63, 3.8) is 0 Å². The quantitative estimate of drug-likeness (QED) is 0.850. The van der Waals surface area contributed by atoms with Crippen LogP contribution in [-0.2, 0) is 0 Å². The summed E-state index contributed by atoms with van der Waals surface area (Å²) in [6.07, 6.45) is 0. The number of carbonyl (C=O) groups excluding carboxylic acids is 1. The lowest BCUT2D eigenvalue weighted by atomic mass is 9.99. The van der Waals surface area contributed by atoms with Gasteiger partial charge in [-0.05, 0) is 23.9 Å². The number of halogens is 1. The fourth-order valence-electron chi connectivity index (χ4n) is 2.10. The molecule has 2 rings (SSSR count). The van der Waals surface area contributed by atoms with E-state index in [4.69, 9.17) is 11.6 Å². The molecule has 102 valence electrons. The molecule has 0 aromatic heterocycles. The zero-order chi connectivity index (χ0) is 14.5. The lowest BCUT2D eigenvalue weighted by Crippen LogP contribution is -2.30. The van der Waals surface area contributed by atoms with Gasteiger partial charge in [-0.25, -0.2) is 4.79 Å². The number of rotatable bonds is 3. The van der Waals surface area contributed by atoms with E-state index in [9.17, 15) is 10.1 Å². The largest absolute Gasteiger partial charge is 0.337 e. The number of hydrogen-bond donors (Lipinski definition) is 2. The number of nitriles is 1. The van der Waals surface area contributed by atoms with Gasteiger partial charge < -0.3 is 10.6 Å². The van der Waals surface area contributed by atoms with Crippen LogP contribution in [0.1, 0.15) is 11.1 Å². The highest BCUT2D eigenvalue weighted by Crippen LogP contribution is 2.30. The van der Waals surface area contributed by atoms with E-state index in [-0.39, 0.29) is 6.03 Å². The summed E-state index contributed by atoms with van der Waals surface area (Å²) in [5.41, 5.74) is 1.98. The molecule has 0 heterocycles. The van der Waals surface area contributed by atoms with E-state index in [0.717, 1.165) is 16.3 Å². The molecule has 20 heavy (non-hydrogen) atoms. The molecule has 2 aromatic carbocycles. The Bertz CT molecular complexity index is 691. The Morgan fingerprint density at radius 2 is 2.05 bits per heavy atom. The molecule has 0 saturated carbocycles. The van der Waals surface area contributed by atoms with Crippen LogP contribution in [0.5, 0.6) is 0 Å². The van der Waals surface area contributed by atoms with Crippen LogP contribution in [0.15, 0.2) is 30.3 Å². The first kappa shape index (κ1) is 14.2. The van der Waals surface area contributed by atoms with Crippen molar-refractivity contribution in [1.29, 1.82) is 5.26 Å². The summed E-state index contributed by atoms with van der Waals surface area (Å²) in [5.74, 6) is 0.340. The maximum absolute atomic E-state index is 11.8. The first-order valence-electron chi connectivity index (χ1n) is 6.20. The van der Waals surface area contributed by atoms with Crippen molar-refractivity contribution in [2.24, 2.45) is 0 Å². The van der Waals surface area contributed by atoms with Gasteiger partial charge in [-0.15, -0.1) is 11.6 Å². The lowest BCUT2D eigenvalue weighted by molar-refractivity contribution is 0.252. The van der Waals surface area contributed by atoms with Crippen molar-refractivity contribution < 1.29 is 4.79 Å². The summed E-state index contributed by atoms with van der Waals surface area (Å²) >= 11 is 5.53. The third kappa shape index (κ3) is 2.84. The molecule has 5 heteroatoms. The van der Waals surface area contributed by atoms with E-state index < -0.39 is 0 Å². The molecule has 0 radical (unpaired) electrons. The number of anilines is 1. The van der Waals surface area contributed by atoms with Gasteiger partial charge in [0.05, 0.1) is 11.3 Å². The molecule has 0 saturated heterocycles. The van der Waals surface area contributed by atoms with Gasteiger partial charge in [0, 0.05) is 17.8 Å². The summed E-state index contributed by atoms with van der Waals surface area (Å²) in [6.45, 7) is 2.32. The van der Waals surface area contributed by atoms with Gasteiger partial charge in [-0.3, -0.25) is 0 Å². The highest BCUT2D eigenvalue weighted by molar-refractivity contribution is 6.18. The lowest BCUT2D eigenvalue weighted by Gasteiger charge is -2.13. The molecular formula is C15H14ClN3O. The van der Waals surface area contributed by atoms with E-state index >= 15 is 0 Å². The molecule has 0 aliphatic rings. The van der Waals surface area contributed by atoms with Crippen LogP contribution in [0.25, 0.3) is 10.8 Å². The van der Waals surface area contributed by atoms with E-state index in [1.54, 1.807) is 6.07 Å². The minimum Gasteiger partial charge on any atom is -0.337 e. The van der Waals surface area contributed by atoms with Crippen LogP contribution in [0, 0.1) is 18.3 Å².